The molecule has 1 aliphatic rings. The predicted molar refractivity (Wildman–Crippen MR) is 57.4 cm³/mol. The lowest BCUT2D eigenvalue weighted by molar-refractivity contribution is -0.142. The molecule has 0 unspecified atom stereocenters. The number of nitrogens with two attached hydrogens (primary N) is 2. The highest BCUT2D eigenvalue weighted by Crippen LogP contribution is 2.01. The van der Waals surface area contributed by atoms with Crippen molar-refractivity contribution in [3.05, 3.63) is 36.4 Å². The molecule has 0 aromatic heterocycles. The summed E-state index contributed by atoms with van der Waals surface area (Å²) in [5.74, 6) is -1.11. The van der Waals surface area contributed by atoms with Crippen molar-refractivity contribution in [3.8, 4) is 0 Å². The van der Waals surface area contributed by atoms with E-state index in [1.54, 1.807) is 30.5 Å². The normalized spacial score (nSPS) is 15.7. The molecule has 86 valence electrons. The van der Waals surface area contributed by atoms with Crippen LogP contribution in [0.15, 0.2) is 36.4 Å². The molecule has 0 radical (unpaired) electrons. The van der Waals surface area contributed by atoms with Gasteiger partial charge in [-0.25, -0.2) is 4.79 Å². The van der Waals surface area contributed by atoms with Crippen molar-refractivity contribution < 1.29 is 14.3 Å². The maximum absolute atomic E-state index is 11.4. The van der Waals surface area contributed by atoms with Crippen molar-refractivity contribution in [2.45, 2.75) is 12.5 Å². The number of amides is 1. The molecule has 0 aliphatic carbocycles. The molecule has 0 saturated heterocycles. The fraction of sp³-hybridized carbons (Fsp3) is 0.200. The smallest absolute Gasteiger partial charge is 0.330 e. The van der Waals surface area contributed by atoms with Crippen LogP contribution in [0.3, 0.4) is 0 Å². The Morgan fingerprint density at radius 3 is 2.81 bits per heavy atom. The molecule has 0 bridgehead atoms. The van der Waals surface area contributed by atoms with E-state index >= 15 is 0 Å². The highest BCUT2D eigenvalue weighted by Gasteiger charge is 2.18. The van der Waals surface area contributed by atoms with Gasteiger partial charge < -0.3 is 21.5 Å². The van der Waals surface area contributed by atoms with E-state index in [9.17, 15) is 9.59 Å². The largest absolute Gasteiger partial charge is 0.408 e. The molecule has 0 spiro atoms. The summed E-state index contributed by atoms with van der Waals surface area (Å²) in [7, 11) is 0. The van der Waals surface area contributed by atoms with Gasteiger partial charge in [-0.2, -0.15) is 0 Å². The van der Waals surface area contributed by atoms with Gasteiger partial charge in [0.2, 0.25) is 11.8 Å². The Morgan fingerprint density at radius 2 is 2.12 bits per heavy atom. The van der Waals surface area contributed by atoms with Gasteiger partial charge in [0.1, 0.15) is 6.04 Å². The van der Waals surface area contributed by atoms with Gasteiger partial charge in [0.05, 0.1) is 6.42 Å². The van der Waals surface area contributed by atoms with Gasteiger partial charge in [0.15, 0.2) is 0 Å². The second-order valence-electron chi connectivity index (χ2n) is 3.12. The van der Waals surface area contributed by atoms with Gasteiger partial charge >= 0.3 is 5.97 Å². The highest BCUT2D eigenvalue weighted by atomic mass is 16.5. The maximum Gasteiger partial charge on any atom is 0.330 e. The van der Waals surface area contributed by atoms with Crippen molar-refractivity contribution in [1.82, 2.24) is 5.32 Å². The second kappa shape index (κ2) is 5.72. The third-order valence-corrected chi connectivity index (χ3v) is 1.73. The zero-order valence-electron chi connectivity index (χ0n) is 8.55. The molecule has 0 fully saturated rings. The molecule has 6 nitrogen and oxygen atoms in total. The number of allylic oxidation sites excluding steroid dienone is 4. The van der Waals surface area contributed by atoms with E-state index in [4.69, 9.17) is 16.2 Å². The lowest BCUT2D eigenvalue weighted by atomic mass is 10.2. The lowest BCUT2D eigenvalue weighted by Crippen LogP contribution is -2.37. The molecule has 1 aliphatic heterocycles. The number of esters is 1. The fourth-order valence-corrected chi connectivity index (χ4v) is 0.989. The number of hydrogen-bond donors (Lipinski definition) is 3. The average molecular weight is 223 g/mol. The Balaban J connectivity index is 2.50. The van der Waals surface area contributed by atoms with Crippen LogP contribution in [0, 0.1) is 0 Å². The van der Waals surface area contributed by atoms with Crippen LogP contribution in [0.25, 0.3) is 0 Å². The molecular weight excluding hydrogens is 210 g/mol. The van der Waals surface area contributed by atoms with E-state index in [-0.39, 0.29) is 12.3 Å². The van der Waals surface area contributed by atoms with Crippen LogP contribution >= 0.6 is 0 Å². The summed E-state index contributed by atoms with van der Waals surface area (Å²) in [6.07, 6.45) is 8.12. The fourth-order valence-electron chi connectivity index (χ4n) is 0.989. The standard InChI is InChI=1S/C10H13N3O3/c11-7(6-8(12)14)10(15)16-9-4-2-1-3-5-13-9/h1-5,7,13H,6,11H2,(H2,12,14)/t7-/m0/s1. The summed E-state index contributed by atoms with van der Waals surface area (Å²) < 4.78 is 4.91. The van der Waals surface area contributed by atoms with E-state index in [2.05, 4.69) is 5.32 Å². The summed E-state index contributed by atoms with van der Waals surface area (Å²) in [5, 5.41) is 2.72. The Morgan fingerprint density at radius 1 is 1.38 bits per heavy atom. The predicted octanol–water partition coefficient (Wildman–Crippen LogP) is -0.753. The molecule has 1 amide bonds. The minimum atomic E-state index is -1.04. The van der Waals surface area contributed by atoms with Gasteiger partial charge in [0.25, 0.3) is 0 Å². The lowest BCUT2D eigenvalue weighted by Gasteiger charge is -2.11. The Hall–Kier alpha value is -2.08. The first-order chi connectivity index (χ1) is 7.59. The van der Waals surface area contributed by atoms with E-state index in [1.807, 2.05) is 0 Å². The third kappa shape index (κ3) is 3.97. The Bertz CT molecular complexity index is 372. The van der Waals surface area contributed by atoms with E-state index in [0.717, 1.165) is 0 Å². The van der Waals surface area contributed by atoms with Crippen molar-refractivity contribution in [2.75, 3.05) is 0 Å². The van der Waals surface area contributed by atoms with Crippen molar-refractivity contribution in [3.63, 3.8) is 0 Å². The Kier molecular flexibility index (Phi) is 4.28. The molecule has 0 aromatic rings. The van der Waals surface area contributed by atoms with Gasteiger partial charge in [-0.15, -0.1) is 0 Å². The number of ether oxygens (including phenoxy) is 1. The SMILES string of the molecule is NC(=O)C[C@H](N)C(=O)OC1=CC=CC=CN1. The van der Waals surface area contributed by atoms with Gasteiger partial charge in [-0.1, -0.05) is 12.2 Å². The van der Waals surface area contributed by atoms with Crippen LogP contribution in [0.4, 0.5) is 0 Å². The molecule has 5 N–H and O–H groups in total. The van der Waals surface area contributed by atoms with Crippen LogP contribution in [-0.4, -0.2) is 17.9 Å². The number of rotatable bonds is 4. The van der Waals surface area contributed by atoms with E-state index in [0.29, 0.717) is 0 Å². The van der Waals surface area contributed by atoms with Crippen LogP contribution in [-0.2, 0) is 14.3 Å². The molecule has 6 heteroatoms. The highest BCUT2D eigenvalue weighted by molar-refractivity contribution is 5.84. The third-order valence-electron chi connectivity index (χ3n) is 1.73. The zero-order chi connectivity index (χ0) is 12.0. The maximum atomic E-state index is 11.4. The molecule has 16 heavy (non-hydrogen) atoms. The summed E-state index contributed by atoms with van der Waals surface area (Å²) in [5.41, 5.74) is 10.3. The van der Waals surface area contributed by atoms with Crippen LogP contribution in [0.2, 0.25) is 0 Å². The number of carbonyl (C=O) groups excluding carboxylic acids is 2. The van der Waals surface area contributed by atoms with Crippen molar-refractivity contribution in [2.24, 2.45) is 11.5 Å². The quantitative estimate of drug-likeness (QED) is 0.543. The number of primary amides is 1. The number of hydrogen-bond acceptors (Lipinski definition) is 5. The van der Waals surface area contributed by atoms with Crippen LogP contribution in [0.5, 0.6) is 0 Å². The molecule has 1 heterocycles. The van der Waals surface area contributed by atoms with Gasteiger partial charge in [0, 0.05) is 6.20 Å². The molecule has 1 atom stereocenters. The minimum Gasteiger partial charge on any atom is -0.408 e. The minimum absolute atomic E-state index is 0.238. The van der Waals surface area contributed by atoms with Gasteiger partial charge in [-0.05, 0) is 12.2 Å². The Labute approximate surface area is 92.6 Å². The number of carbonyl (C=O) groups is 2. The summed E-state index contributed by atoms with van der Waals surface area (Å²) in [6.45, 7) is 0. The first kappa shape index (κ1) is 12.0. The molecular formula is C10H13N3O3. The average Bonchev–Trinajstić information content (AvgIpc) is 2.45. The zero-order valence-corrected chi connectivity index (χ0v) is 8.55. The van der Waals surface area contributed by atoms with Gasteiger partial charge in [-0.3, -0.25) is 4.79 Å². The molecule has 0 saturated carbocycles. The topological polar surface area (TPSA) is 107 Å². The van der Waals surface area contributed by atoms with E-state index in [1.165, 1.54) is 0 Å². The molecule has 0 aromatic carbocycles. The summed E-state index contributed by atoms with van der Waals surface area (Å²) in [4.78, 5) is 21.9. The van der Waals surface area contributed by atoms with E-state index < -0.39 is 17.9 Å². The number of nitrogens with one attached hydrogen (secondary N) is 1. The second-order valence-corrected chi connectivity index (χ2v) is 3.12. The monoisotopic (exact) mass is 223 g/mol. The first-order valence-corrected chi connectivity index (χ1v) is 4.65. The summed E-state index contributed by atoms with van der Waals surface area (Å²) in [6, 6.07) is -1.04. The summed E-state index contributed by atoms with van der Waals surface area (Å²) >= 11 is 0. The van der Waals surface area contributed by atoms with Crippen LogP contribution in [0.1, 0.15) is 6.42 Å². The molecule has 1 rings (SSSR count). The van der Waals surface area contributed by atoms with Crippen molar-refractivity contribution in [1.29, 1.82) is 0 Å². The van der Waals surface area contributed by atoms with Crippen molar-refractivity contribution >= 4 is 11.9 Å². The first-order valence-electron chi connectivity index (χ1n) is 4.65. The van der Waals surface area contributed by atoms with Crippen LogP contribution < -0.4 is 16.8 Å².